The van der Waals surface area contributed by atoms with Crippen LogP contribution in [-0.4, -0.2) is 24.7 Å². The number of aromatic hydroxyl groups is 1. The highest BCUT2D eigenvalue weighted by atomic mass is 32.3. The van der Waals surface area contributed by atoms with E-state index in [-0.39, 0.29) is 17.4 Å². The van der Waals surface area contributed by atoms with Gasteiger partial charge in [-0.1, -0.05) is 18.2 Å². The molecule has 3 rings (SSSR count). The van der Waals surface area contributed by atoms with Crippen LogP contribution in [0.2, 0.25) is 0 Å². The predicted octanol–water partition coefficient (Wildman–Crippen LogP) is 2.29. The van der Waals surface area contributed by atoms with Crippen LogP contribution in [-0.2, 0) is 16.8 Å². The fourth-order valence-corrected chi connectivity index (χ4v) is 2.85. The van der Waals surface area contributed by atoms with Gasteiger partial charge in [-0.05, 0) is 35.7 Å². The van der Waals surface area contributed by atoms with Crippen molar-refractivity contribution in [2.75, 3.05) is 6.61 Å². The monoisotopic (exact) mass is 322 g/mol. The maximum atomic E-state index is 10.6. The Morgan fingerprint density at radius 2 is 1.86 bits per heavy atom. The minimum atomic E-state index is -4.51. The molecule has 0 fully saturated rings. The number of hydrogen-bond donors (Lipinski definition) is 2. The first-order chi connectivity index (χ1) is 10.4. The van der Waals surface area contributed by atoms with Crippen LogP contribution in [0, 0.1) is 0 Å². The van der Waals surface area contributed by atoms with E-state index in [1.807, 2.05) is 6.07 Å². The fourth-order valence-electron chi connectivity index (χ4n) is 2.49. The van der Waals surface area contributed by atoms with Crippen molar-refractivity contribution in [3.63, 3.8) is 0 Å². The Morgan fingerprint density at radius 3 is 2.55 bits per heavy atom. The normalized spacial score (nSPS) is 17.4. The van der Waals surface area contributed by atoms with Crippen LogP contribution >= 0.6 is 0 Å². The summed E-state index contributed by atoms with van der Waals surface area (Å²) in [5.74, 6) is 1.02. The summed E-state index contributed by atoms with van der Waals surface area (Å²) in [4.78, 5) is 0. The van der Waals surface area contributed by atoms with E-state index < -0.39 is 10.4 Å². The second kappa shape index (κ2) is 5.51. The first-order valence-electron chi connectivity index (χ1n) is 6.62. The maximum Gasteiger partial charge on any atom is 0.446 e. The van der Waals surface area contributed by atoms with Crippen LogP contribution in [0.25, 0.3) is 0 Å². The molecule has 0 saturated carbocycles. The first-order valence-corrected chi connectivity index (χ1v) is 7.99. The number of hydrogen-bond acceptors (Lipinski definition) is 5. The summed E-state index contributed by atoms with van der Waals surface area (Å²) in [6, 6.07) is 11.5. The minimum Gasteiger partial charge on any atom is -0.508 e. The number of phenols is 1. The molecule has 0 saturated heterocycles. The smallest absolute Gasteiger partial charge is 0.446 e. The van der Waals surface area contributed by atoms with Crippen molar-refractivity contribution in [2.45, 2.75) is 12.3 Å². The fraction of sp³-hybridized carbons (Fsp3) is 0.200. The van der Waals surface area contributed by atoms with Gasteiger partial charge in [0.1, 0.15) is 17.2 Å². The summed E-state index contributed by atoms with van der Waals surface area (Å²) >= 11 is 0. The van der Waals surface area contributed by atoms with Crippen LogP contribution in [0.3, 0.4) is 0 Å². The van der Waals surface area contributed by atoms with Gasteiger partial charge in [0, 0.05) is 12.0 Å². The van der Waals surface area contributed by atoms with Gasteiger partial charge in [-0.15, -0.1) is 0 Å². The molecule has 0 radical (unpaired) electrons. The highest BCUT2D eigenvalue weighted by molar-refractivity contribution is 7.81. The van der Waals surface area contributed by atoms with Gasteiger partial charge in [-0.3, -0.25) is 4.55 Å². The summed E-state index contributed by atoms with van der Waals surface area (Å²) < 4.78 is 40.0. The van der Waals surface area contributed by atoms with Crippen LogP contribution in [0.4, 0.5) is 0 Å². The van der Waals surface area contributed by atoms with E-state index in [1.165, 1.54) is 12.1 Å². The Bertz CT molecular complexity index is 782. The van der Waals surface area contributed by atoms with E-state index in [0.717, 1.165) is 17.5 Å². The quantitative estimate of drug-likeness (QED) is 0.842. The third kappa shape index (κ3) is 3.32. The van der Waals surface area contributed by atoms with Crippen LogP contribution in [0.15, 0.2) is 42.5 Å². The van der Waals surface area contributed by atoms with Gasteiger partial charge in [0.15, 0.2) is 0 Å². The molecule has 0 aromatic heterocycles. The minimum absolute atomic E-state index is 0.0494. The largest absolute Gasteiger partial charge is 0.508 e. The van der Waals surface area contributed by atoms with Crippen molar-refractivity contribution >= 4 is 10.4 Å². The van der Waals surface area contributed by atoms with Gasteiger partial charge in [-0.25, -0.2) is 0 Å². The Hall–Kier alpha value is -2.25. The van der Waals surface area contributed by atoms with Gasteiger partial charge < -0.3 is 14.0 Å². The standard InChI is InChI=1S/C15H14O6S/c16-13-4-1-11-7-12(9-20-15(11)8-13)10-2-5-14(6-3-10)21-22(17,18)19/h1-6,8,12,16H,7,9H2,(H,17,18,19)/t12-/m1/s1. The van der Waals surface area contributed by atoms with E-state index >= 15 is 0 Å². The van der Waals surface area contributed by atoms with Crippen molar-refractivity contribution in [3.8, 4) is 17.2 Å². The number of fused-ring (bicyclic) bond motifs is 1. The number of ether oxygens (including phenoxy) is 1. The molecule has 0 aliphatic carbocycles. The van der Waals surface area contributed by atoms with Crippen molar-refractivity contribution in [1.82, 2.24) is 0 Å². The summed E-state index contributed by atoms with van der Waals surface area (Å²) in [5, 5.41) is 9.43. The van der Waals surface area contributed by atoms with Crippen LogP contribution < -0.4 is 8.92 Å². The molecular formula is C15H14O6S. The zero-order valence-corrected chi connectivity index (χ0v) is 12.3. The van der Waals surface area contributed by atoms with E-state index in [0.29, 0.717) is 12.4 Å². The van der Waals surface area contributed by atoms with E-state index in [2.05, 4.69) is 4.18 Å². The molecule has 1 heterocycles. The molecule has 1 atom stereocenters. The summed E-state index contributed by atoms with van der Waals surface area (Å²) in [5.41, 5.74) is 1.98. The lowest BCUT2D eigenvalue weighted by Gasteiger charge is -2.25. The van der Waals surface area contributed by atoms with Crippen molar-refractivity contribution < 1.29 is 27.0 Å². The number of benzene rings is 2. The van der Waals surface area contributed by atoms with Gasteiger partial charge in [0.05, 0.1) is 6.61 Å². The Morgan fingerprint density at radius 1 is 1.14 bits per heavy atom. The zero-order chi connectivity index (χ0) is 15.7. The van der Waals surface area contributed by atoms with Gasteiger partial charge in [-0.2, -0.15) is 8.42 Å². The van der Waals surface area contributed by atoms with Crippen molar-refractivity contribution in [3.05, 3.63) is 53.6 Å². The molecule has 7 heteroatoms. The first kappa shape index (κ1) is 14.7. The maximum absolute atomic E-state index is 10.6. The molecule has 0 amide bonds. The van der Waals surface area contributed by atoms with E-state index in [4.69, 9.17) is 9.29 Å². The topological polar surface area (TPSA) is 93.1 Å². The van der Waals surface area contributed by atoms with Crippen LogP contribution in [0.5, 0.6) is 17.2 Å². The molecule has 0 unspecified atom stereocenters. The lowest BCUT2D eigenvalue weighted by atomic mass is 9.90. The molecule has 0 bridgehead atoms. The van der Waals surface area contributed by atoms with E-state index in [1.54, 1.807) is 24.3 Å². The molecule has 1 aliphatic heterocycles. The van der Waals surface area contributed by atoms with Gasteiger partial charge in [0.25, 0.3) is 0 Å². The third-order valence-corrected chi connectivity index (χ3v) is 3.91. The second-order valence-corrected chi connectivity index (χ2v) is 6.11. The molecule has 2 N–H and O–H groups in total. The zero-order valence-electron chi connectivity index (χ0n) is 11.5. The van der Waals surface area contributed by atoms with Crippen molar-refractivity contribution in [2.24, 2.45) is 0 Å². The highest BCUT2D eigenvalue weighted by Crippen LogP contribution is 2.34. The Kier molecular flexibility index (Phi) is 3.67. The molecule has 2 aromatic carbocycles. The average molecular weight is 322 g/mol. The van der Waals surface area contributed by atoms with Crippen molar-refractivity contribution in [1.29, 1.82) is 0 Å². The summed E-state index contributed by atoms with van der Waals surface area (Å²) in [7, 11) is -4.51. The Balaban J connectivity index is 1.77. The number of phenolic OH excluding ortho intramolecular Hbond substituents is 1. The molecule has 6 nitrogen and oxygen atoms in total. The molecule has 116 valence electrons. The van der Waals surface area contributed by atoms with E-state index in [9.17, 15) is 13.5 Å². The summed E-state index contributed by atoms with van der Waals surface area (Å²) in [6.07, 6.45) is 0.758. The number of rotatable bonds is 3. The van der Waals surface area contributed by atoms with Crippen LogP contribution in [0.1, 0.15) is 17.0 Å². The lowest BCUT2D eigenvalue weighted by molar-refractivity contribution is 0.261. The SMILES string of the molecule is O=S(=O)(O)Oc1ccc([C@H]2COc3cc(O)ccc3C2)cc1. The molecule has 0 spiro atoms. The second-order valence-electron chi connectivity index (χ2n) is 5.08. The van der Waals surface area contributed by atoms with Gasteiger partial charge in [0.2, 0.25) is 0 Å². The highest BCUT2D eigenvalue weighted by Gasteiger charge is 2.22. The Labute approximate surface area is 127 Å². The molecule has 1 aliphatic rings. The molecule has 2 aromatic rings. The average Bonchev–Trinajstić information content (AvgIpc) is 2.46. The third-order valence-electron chi connectivity index (χ3n) is 3.51. The van der Waals surface area contributed by atoms with Gasteiger partial charge >= 0.3 is 10.4 Å². The molecular weight excluding hydrogens is 308 g/mol. The lowest BCUT2D eigenvalue weighted by Crippen LogP contribution is -2.19. The predicted molar refractivity (Wildman–Crippen MR) is 78.7 cm³/mol. The summed E-state index contributed by atoms with van der Waals surface area (Å²) in [6.45, 7) is 0.467. The molecule has 22 heavy (non-hydrogen) atoms.